The standard InChI is InChI=1S/C21H36N4O2S.HI/c1-6-22-21(24-14-19-8-7-11-25(19)15-16(2)3)23-13-18-9-10-20(17(4)12-18)28(5,26)27;/h9-10,12,16,19H,6-8,11,13-15H2,1-5H3,(H2,22,23,24);1H/t19-;/m1./s1. The van der Waals surface area contributed by atoms with Gasteiger partial charge in [-0.25, -0.2) is 13.4 Å². The van der Waals surface area contributed by atoms with Gasteiger partial charge < -0.3 is 10.6 Å². The Morgan fingerprint density at radius 1 is 1.31 bits per heavy atom. The quantitative estimate of drug-likeness (QED) is 0.304. The fourth-order valence-electron chi connectivity index (χ4n) is 3.79. The van der Waals surface area contributed by atoms with Crippen molar-refractivity contribution >= 4 is 39.8 Å². The number of likely N-dealkylation sites (tertiary alicyclic amines) is 1. The van der Waals surface area contributed by atoms with Crippen molar-refractivity contribution in [2.24, 2.45) is 10.9 Å². The van der Waals surface area contributed by atoms with Gasteiger partial charge in [0.2, 0.25) is 0 Å². The van der Waals surface area contributed by atoms with E-state index in [-0.39, 0.29) is 24.0 Å². The van der Waals surface area contributed by atoms with Crippen LogP contribution in [0.1, 0.15) is 44.7 Å². The van der Waals surface area contributed by atoms with Gasteiger partial charge in [0.15, 0.2) is 15.8 Å². The van der Waals surface area contributed by atoms with Crippen molar-refractivity contribution in [2.45, 2.75) is 58.0 Å². The molecule has 29 heavy (non-hydrogen) atoms. The van der Waals surface area contributed by atoms with Gasteiger partial charge in [0.05, 0.1) is 11.4 Å². The minimum atomic E-state index is -3.19. The van der Waals surface area contributed by atoms with Crippen LogP contribution in [0.5, 0.6) is 0 Å². The van der Waals surface area contributed by atoms with Gasteiger partial charge in [-0.3, -0.25) is 4.90 Å². The monoisotopic (exact) mass is 536 g/mol. The Hall–Kier alpha value is -0.870. The molecule has 0 amide bonds. The van der Waals surface area contributed by atoms with Crippen LogP contribution in [-0.4, -0.2) is 57.8 Å². The number of rotatable bonds is 8. The van der Waals surface area contributed by atoms with Gasteiger partial charge in [0.25, 0.3) is 0 Å². The molecule has 2 rings (SSSR count). The summed E-state index contributed by atoms with van der Waals surface area (Å²) in [6, 6.07) is 5.99. The molecule has 0 aliphatic carbocycles. The number of hydrogen-bond donors (Lipinski definition) is 2. The minimum absolute atomic E-state index is 0. The Bertz CT molecular complexity index is 781. The fourth-order valence-corrected chi connectivity index (χ4v) is 4.75. The average molecular weight is 537 g/mol. The summed E-state index contributed by atoms with van der Waals surface area (Å²) in [5, 5.41) is 6.79. The third-order valence-electron chi connectivity index (χ3n) is 5.01. The molecule has 1 aromatic rings. The molecule has 0 saturated carbocycles. The van der Waals surface area contributed by atoms with Crippen molar-refractivity contribution in [3.05, 3.63) is 29.3 Å². The van der Waals surface area contributed by atoms with E-state index in [4.69, 9.17) is 4.99 Å². The number of guanidine groups is 1. The van der Waals surface area contributed by atoms with Gasteiger partial charge >= 0.3 is 0 Å². The van der Waals surface area contributed by atoms with E-state index in [1.807, 2.05) is 19.1 Å². The van der Waals surface area contributed by atoms with Crippen LogP contribution in [-0.2, 0) is 16.4 Å². The van der Waals surface area contributed by atoms with Crippen LogP contribution in [0.4, 0.5) is 0 Å². The van der Waals surface area contributed by atoms with Gasteiger partial charge in [-0.1, -0.05) is 26.0 Å². The Balaban J connectivity index is 0.00000420. The second-order valence-electron chi connectivity index (χ2n) is 8.13. The Labute approximate surface area is 193 Å². The first-order chi connectivity index (χ1) is 13.2. The molecule has 1 fully saturated rings. The van der Waals surface area contributed by atoms with Crippen molar-refractivity contribution in [3.63, 3.8) is 0 Å². The van der Waals surface area contributed by atoms with Crippen molar-refractivity contribution in [2.75, 3.05) is 32.4 Å². The summed E-state index contributed by atoms with van der Waals surface area (Å²) >= 11 is 0. The topological polar surface area (TPSA) is 73.8 Å². The summed E-state index contributed by atoms with van der Waals surface area (Å²) in [6.45, 7) is 13.0. The molecule has 166 valence electrons. The van der Waals surface area contributed by atoms with E-state index in [1.54, 1.807) is 6.07 Å². The average Bonchev–Trinajstić information content (AvgIpc) is 3.02. The lowest BCUT2D eigenvalue weighted by molar-refractivity contribution is 0.226. The number of nitrogens with zero attached hydrogens (tertiary/aromatic N) is 2. The van der Waals surface area contributed by atoms with Crippen LogP contribution in [0.2, 0.25) is 0 Å². The van der Waals surface area contributed by atoms with E-state index >= 15 is 0 Å². The van der Waals surface area contributed by atoms with Crippen molar-refractivity contribution in [3.8, 4) is 0 Å². The Kier molecular flexibility index (Phi) is 10.9. The number of aryl methyl sites for hydroxylation is 1. The Morgan fingerprint density at radius 3 is 2.62 bits per heavy atom. The summed E-state index contributed by atoms with van der Waals surface area (Å²) in [6.07, 6.45) is 3.73. The lowest BCUT2D eigenvalue weighted by atomic mass is 10.1. The van der Waals surface area contributed by atoms with E-state index in [9.17, 15) is 8.42 Å². The largest absolute Gasteiger partial charge is 0.357 e. The molecular weight excluding hydrogens is 499 g/mol. The fraction of sp³-hybridized carbons (Fsp3) is 0.667. The lowest BCUT2D eigenvalue weighted by Gasteiger charge is -2.27. The lowest BCUT2D eigenvalue weighted by Crippen LogP contribution is -2.45. The zero-order chi connectivity index (χ0) is 20.7. The van der Waals surface area contributed by atoms with Crippen LogP contribution < -0.4 is 10.6 Å². The van der Waals surface area contributed by atoms with Crippen LogP contribution in [0.3, 0.4) is 0 Å². The predicted octanol–water partition coefficient (Wildman–Crippen LogP) is 3.19. The maximum atomic E-state index is 11.8. The minimum Gasteiger partial charge on any atom is -0.357 e. The van der Waals surface area contributed by atoms with E-state index in [2.05, 4.69) is 36.3 Å². The summed E-state index contributed by atoms with van der Waals surface area (Å²) in [5.41, 5.74) is 1.77. The zero-order valence-electron chi connectivity index (χ0n) is 18.4. The highest BCUT2D eigenvalue weighted by atomic mass is 127. The molecule has 8 heteroatoms. The molecule has 6 nitrogen and oxygen atoms in total. The first-order valence-electron chi connectivity index (χ1n) is 10.3. The molecule has 0 bridgehead atoms. The smallest absolute Gasteiger partial charge is 0.191 e. The van der Waals surface area contributed by atoms with E-state index in [1.165, 1.54) is 25.6 Å². The second kappa shape index (κ2) is 12.1. The summed E-state index contributed by atoms with van der Waals surface area (Å²) in [7, 11) is -3.19. The SMILES string of the molecule is CCNC(=NCc1ccc(S(C)(=O)=O)c(C)c1)NC[C@H]1CCCN1CC(C)C.I. The molecular formula is C21H37IN4O2S. The summed E-state index contributed by atoms with van der Waals surface area (Å²) < 4.78 is 23.5. The summed E-state index contributed by atoms with van der Waals surface area (Å²) in [4.78, 5) is 7.65. The Morgan fingerprint density at radius 2 is 2.03 bits per heavy atom. The number of aliphatic imine (C=N–C) groups is 1. The molecule has 2 N–H and O–H groups in total. The van der Waals surface area contributed by atoms with Crippen molar-refractivity contribution < 1.29 is 8.42 Å². The molecule has 1 aromatic carbocycles. The highest BCUT2D eigenvalue weighted by Gasteiger charge is 2.24. The molecule has 0 radical (unpaired) electrons. The summed E-state index contributed by atoms with van der Waals surface area (Å²) in [5.74, 6) is 1.49. The molecule has 1 atom stereocenters. The van der Waals surface area contributed by atoms with Gasteiger partial charge in [-0.15, -0.1) is 24.0 Å². The zero-order valence-corrected chi connectivity index (χ0v) is 21.5. The van der Waals surface area contributed by atoms with Crippen molar-refractivity contribution in [1.82, 2.24) is 15.5 Å². The normalized spacial score (nSPS) is 18.0. The van der Waals surface area contributed by atoms with Crippen LogP contribution in [0.15, 0.2) is 28.1 Å². The van der Waals surface area contributed by atoms with E-state index in [0.717, 1.165) is 36.7 Å². The maximum Gasteiger partial charge on any atom is 0.191 e. The molecule has 1 aliphatic rings. The molecule has 0 aromatic heterocycles. The van der Waals surface area contributed by atoms with E-state index < -0.39 is 9.84 Å². The predicted molar refractivity (Wildman–Crippen MR) is 132 cm³/mol. The third kappa shape index (κ3) is 8.41. The number of sulfone groups is 1. The third-order valence-corrected chi connectivity index (χ3v) is 6.26. The van der Waals surface area contributed by atoms with E-state index in [0.29, 0.717) is 23.4 Å². The number of hydrogen-bond acceptors (Lipinski definition) is 4. The molecule has 0 spiro atoms. The second-order valence-corrected chi connectivity index (χ2v) is 10.1. The number of benzene rings is 1. The number of nitrogens with one attached hydrogen (secondary N) is 2. The van der Waals surface area contributed by atoms with Crippen LogP contribution in [0, 0.1) is 12.8 Å². The highest BCUT2D eigenvalue weighted by Crippen LogP contribution is 2.18. The first-order valence-corrected chi connectivity index (χ1v) is 12.2. The van der Waals surface area contributed by atoms with Gasteiger partial charge in [-0.05, 0) is 56.3 Å². The molecule has 1 aliphatic heterocycles. The maximum absolute atomic E-state index is 11.8. The first kappa shape index (κ1) is 26.2. The highest BCUT2D eigenvalue weighted by molar-refractivity contribution is 14.0. The van der Waals surface area contributed by atoms with Crippen LogP contribution >= 0.6 is 24.0 Å². The molecule has 1 heterocycles. The van der Waals surface area contributed by atoms with Gasteiger partial charge in [-0.2, -0.15) is 0 Å². The van der Waals surface area contributed by atoms with Gasteiger partial charge in [0, 0.05) is 31.9 Å². The number of halogens is 1. The van der Waals surface area contributed by atoms with Crippen LogP contribution in [0.25, 0.3) is 0 Å². The molecule has 0 unspecified atom stereocenters. The van der Waals surface area contributed by atoms with Gasteiger partial charge in [0.1, 0.15) is 0 Å². The molecule has 1 saturated heterocycles. The van der Waals surface area contributed by atoms with Crippen molar-refractivity contribution in [1.29, 1.82) is 0 Å².